The fourth-order valence-electron chi connectivity index (χ4n) is 3.77. The lowest BCUT2D eigenvalue weighted by Crippen LogP contribution is -2.29. The Morgan fingerprint density at radius 3 is 2.86 bits per heavy atom. The third kappa shape index (κ3) is 2.40. The maximum atomic E-state index is 10.6. The number of aliphatic carboxylic acids is 1. The van der Waals surface area contributed by atoms with Crippen LogP contribution in [0.4, 0.5) is 0 Å². The molecule has 3 nitrogen and oxygen atoms in total. The van der Waals surface area contributed by atoms with Crippen LogP contribution in [0.3, 0.4) is 0 Å². The number of halogens is 2. The molecule has 0 aromatic heterocycles. The van der Waals surface area contributed by atoms with E-state index in [4.69, 9.17) is 27.9 Å². The van der Waals surface area contributed by atoms with Crippen LogP contribution in [-0.4, -0.2) is 12.6 Å². The summed E-state index contributed by atoms with van der Waals surface area (Å²) in [5.74, 6) is -0.964. The Bertz CT molecular complexity index is 666. The molecule has 1 unspecified atom stereocenters. The lowest BCUT2D eigenvalue weighted by molar-refractivity contribution is -0.307. The second kappa shape index (κ2) is 5.78. The zero-order valence-electron chi connectivity index (χ0n) is 12.4. The maximum Gasteiger partial charge on any atom is 0.140 e. The van der Waals surface area contributed by atoms with Gasteiger partial charge in [0.15, 0.2) is 0 Å². The highest BCUT2D eigenvalue weighted by Crippen LogP contribution is 2.58. The van der Waals surface area contributed by atoms with Gasteiger partial charge in [-0.05, 0) is 54.7 Å². The van der Waals surface area contributed by atoms with E-state index < -0.39 is 12.6 Å². The fourth-order valence-corrected chi connectivity index (χ4v) is 4.29. The first-order valence-corrected chi connectivity index (χ1v) is 8.28. The van der Waals surface area contributed by atoms with Gasteiger partial charge in [0.05, 0.1) is 11.0 Å². The van der Waals surface area contributed by atoms with Crippen LogP contribution < -0.4 is 9.84 Å². The molecule has 0 aliphatic heterocycles. The molecule has 0 radical (unpaired) electrons. The number of ether oxygens (including phenoxy) is 1. The molecule has 3 rings (SSSR count). The molecule has 1 atom stereocenters. The Balaban J connectivity index is 2.07. The van der Waals surface area contributed by atoms with E-state index in [0.29, 0.717) is 10.8 Å². The molecule has 0 spiro atoms. The molecular formula is C17H17Cl2O3-. The summed E-state index contributed by atoms with van der Waals surface area (Å²) in [7, 11) is 0. The maximum absolute atomic E-state index is 10.6. The highest BCUT2D eigenvalue weighted by atomic mass is 35.5. The van der Waals surface area contributed by atoms with Gasteiger partial charge in [-0.1, -0.05) is 36.2 Å². The molecule has 118 valence electrons. The Morgan fingerprint density at radius 1 is 1.41 bits per heavy atom. The minimum Gasteiger partial charge on any atom is -0.546 e. The van der Waals surface area contributed by atoms with Crippen LogP contribution in [0.1, 0.15) is 43.7 Å². The number of carbonyl (C=O) groups excluding carboxylic acids is 1. The van der Waals surface area contributed by atoms with Crippen molar-refractivity contribution in [1.82, 2.24) is 0 Å². The van der Waals surface area contributed by atoms with Crippen LogP contribution in [0.2, 0.25) is 10.0 Å². The molecule has 2 aliphatic rings. The van der Waals surface area contributed by atoms with E-state index in [0.717, 1.165) is 36.8 Å². The zero-order valence-corrected chi connectivity index (χ0v) is 13.9. The first-order valence-electron chi connectivity index (χ1n) is 7.53. The van der Waals surface area contributed by atoms with Crippen molar-refractivity contribution in [3.63, 3.8) is 0 Å². The van der Waals surface area contributed by atoms with Crippen molar-refractivity contribution >= 4 is 34.7 Å². The van der Waals surface area contributed by atoms with E-state index in [1.54, 1.807) is 0 Å². The molecule has 0 N–H and O–H groups in total. The molecule has 0 saturated heterocycles. The number of carbonyl (C=O) groups is 1. The van der Waals surface area contributed by atoms with E-state index in [9.17, 15) is 9.90 Å². The monoisotopic (exact) mass is 339 g/mol. The molecule has 0 bridgehead atoms. The molecule has 2 aliphatic carbocycles. The summed E-state index contributed by atoms with van der Waals surface area (Å²) >= 11 is 12.8. The summed E-state index contributed by atoms with van der Waals surface area (Å²) in [6.07, 6.45) is 7.63. The van der Waals surface area contributed by atoms with Gasteiger partial charge >= 0.3 is 0 Å². The standard InChI is InChI=1S/C17H18Cl2O3/c1-2-17-6-4-3-5-11(17)14-10(8-17)7-12(15(18)16(14)19)22-9-13(20)21/h5,7H,2-4,6,8-9H2,1H3,(H,20,21)/p-1. The van der Waals surface area contributed by atoms with Crippen molar-refractivity contribution < 1.29 is 14.6 Å². The van der Waals surface area contributed by atoms with Gasteiger partial charge < -0.3 is 14.6 Å². The van der Waals surface area contributed by atoms with Crippen molar-refractivity contribution in [3.8, 4) is 5.75 Å². The van der Waals surface area contributed by atoms with Crippen molar-refractivity contribution in [2.45, 2.75) is 39.0 Å². The molecular weight excluding hydrogens is 323 g/mol. The molecule has 1 aromatic rings. The van der Waals surface area contributed by atoms with Crippen molar-refractivity contribution in [2.24, 2.45) is 5.41 Å². The number of fused-ring (bicyclic) bond motifs is 3. The van der Waals surface area contributed by atoms with Crippen LogP contribution in [0, 0.1) is 5.41 Å². The second-order valence-electron chi connectivity index (χ2n) is 6.02. The van der Waals surface area contributed by atoms with Gasteiger partial charge in [-0.15, -0.1) is 0 Å². The highest BCUT2D eigenvalue weighted by Gasteiger charge is 2.43. The van der Waals surface area contributed by atoms with Gasteiger partial charge in [0.1, 0.15) is 17.4 Å². The largest absolute Gasteiger partial charge is 0.546 e. The number of allylic oxidation sites excluding steroid dienone is 2. The predicted molar refractivity (Wildman–Crippen MR) is 85.2 cm³/mol. The normalized spacial score (nSPS) is 22.8. The van der Waals surface area contributed by atoms with E-state index >= 15 is 0 Å². The van der Waals surface area contributed by atoms with E-state index in [1.807, 2.05) is 6.07 Å². The van der Waals surface area contributed by atoms with Crippen molar-refractivity contribution in [2.75, 3.05) is 6.61 Å². The highest BCUT2D eigenvalue weighted by molar-refractivity contribution is 6.44. The van der Waals surface area contributed by atoms with Crippen molar-refractivity contribution in [3.05, 3.63) is 33.3 Å². The van der Waals surface area contributed by atoms with Gasteiger partial charge in [-0.2, -0.15) is 0 Å². The number of hydrogen-bond acceptors (Lipinski definition) is 3. The van der Waals surface area contributed by atoms with Crippen LogP contribution in [0.25, 0.3) is 5.57 Å². The topological polar surface area (TPSA) is 49.4 Å². The predicted octanol–water partition coefficient (Wildman–Crippen LogP) is 3.64. The molecule has 0 amide bonds. The van der Waals surface area contributed by atoms with Gasteiger partial charge in [0.25, 0.3) is 0 Å². The molecule has 0 heterocycles. The molecule has 5 heteroatoms. The minimum atomic E-state index is -1.28. The zero-order chi connectivity index (χ0) is 15.9. The van der Waals surface area contributed by atoms with E-state index in [1.165, 1.54) is 12.0 Å². The Kier molecular flexibility index (Phi) is 4.13. The summed E-state index contributed by atoms with van der Waals surface area (Å²) in [6.45, 7) is 1.67. The Morgan fingerprint density at radius 2 is 2.18 bits per heavy atom. The van der Waals surface area contributed by atoms with Gasteiger partial charge in [-0.3, -0.25) is 0 Å². The quantitative estimate of drug-likeness (QED) is 0.841. The van der Waals surface area contributed by atoms with Crippen LogP contribution >= 0.6 is 23.2 Å². The number of carboxylic acids is 1. The first-order chi connectivity index (χ1) is 10.5. The Hall–Kier alpha value is -1.19. The van der Waals surface area contributed by atoms with Crippen LogP contribution in [0.15, 0.2) is 12.1 Å². The third-order valence-electron chi connectivity index (χ3n) is 4.85. The van der Waals surface area contributed by atoms with Crippen LogP contribution in [0.5, 0.6) is 5.75 Å². The number of rotatable bonds is 4. The van der Waals surface area contributed by atoms with E-state index in [2.05, 4.69) is 13.0 Å². The molecule has 0 saturated carbocycles. The van der Waals surface area contributed by atoms with E-state index in [-0.39, 0.29) is 10.4 Å². The first kappa shape index (κ1) is 15.7. The molecule has 22 heavy (non-hydrogen) atoms. The van der Waals surface area contributed by atoms with Crippen molar-refractivity contribution in [1.29, 1.82) is 0 Å². The van der Waals surface area contributed by atoms with Gasteiger partial charge in [0, 0.05) is 5.56 Å². The van der Waals surface area contributed by atoms with Gasteiger partial charge in [0.2, 0.25) is 0 Å². The summed E-state index contributed by atoms with van der Waals surface area (Å²) in [6, 6.07) is 1.84. The summed E-state index contributed by atoms with van der Waals surface area (Å²) < 4.78 is 5.23. The number of hydrogen-bond donors (Lipinski definition) is 0. The average Bonchev–Trinajstić information content (AvgIpc) is 2.84. The smallest absolute Gasteiger partial charge is 0.140 e. The summed E-state index contributed by atoms with van der Waals surface area (Å²) in [4.78, 5) is 10.6. The lowest BCUT2D eigenvalue weighted by atomic mass is 9.71. The lowest BCUT2D eigenvalue weighted by Gasteiger charge is -2.33. The number of carboxylic acid groups (broad SMARTS) is 1. The molecule has 0 fully saturated rings. The Labute approximate surface area is 139 Å². The van der Waals surface area contributed by atoms with Gasteiger partial charge in [-0.25, -0.2) is 0 Å². The average molecular weight is 340 g/mol. The van der Waals surface area contributed by atoms with Crippen LogP contribution in [-0.2, 0) is 11.2 Å². The summed E-state index contributed by atoms with van der Waals surface area (Å²) in [5, 5.41) is 11.3. The SMILES string of the molecule is CCC12CCCC=C1c1c(cc(OCC(=O)[O-])c(Cl)c1Cl)C2. The third-order valence-corrected chi connectivity index (χ3v) is 5.70. The summed E-state index contributed by atoms with van der Waals surface area (Å²) in [5.41, 5.74) is 3.56. The minimum absolute atomic E-state index is 0.139. The fraction of sp³-hybridized carbons (Fsp3) is 0.471. The second-order valence-corrected chi connectivity index (χ2v) is 6.77. The number of benzene rings is 1. The molecule has 1 aromatic carbocycles.